The van der Waals surface area contributed by atoms with Crippen LogP contribution in [0.3, 0.4) is 0 Å². The average Bonchev–Trinajstić information content (AvgIpc) is 2.79. The van der Waals surface area contributed by atoms with Crippen molar-refractivity contribution in [1.82, 2.24) is 10.2 Å². The molecule has 1 fully saturated rings. The maximum absolute atomic E-state index is 12.4. The SMILES string of the molecule is CC(N)(C(=O)NC1CCN(CC(F)(F)F)C1=O)c1ccccc1. The van der Waals surface area contributed by atoms with E-state index in [2.05, 4.69) is 5.32 Å². The summed E-state index contributed by atoms with van der Waals surface area (Å²) in [6, 6.07) is 7.58. The molecule has 1 heterocycles. The molecule has 2 amide bonds. The van der Waals surface area contributed by atoms with Gasteiger partial charge in [-0.25, -0.2) is 0 Å². The molecule has 1 aromatic rings. The molecular formula is C15H18F3N3O2. The molecule has 2 unspecified atom stereocenters. The van der Waals surface area contributed by atoms with Gasteiger partial charge in [0, 0.05) is 6.54 Å². The Morgan fingerprint density at radius 1 is 1.35 bits per heavy atom. The number of benzene rings is 1. The summed E-state index contributed by atoms with van der Waals surface area (Å²) in [5.41, 5.74) is 5.20. The third-order valence-corrected chi connectivity index (χ3v) is 3.82. The quantitative estimate of drug-likeness (QED) is 0.870. The number of alkyl halides is 3. The van der Waals surface area contributed by atoms with Crippen molar-refractivity contribution in [2.45, 2.75) is 31.1 Å². The third-order valence-electron chi connectivity index (χ3n) is 3.82. The van der Waals surface area contributed by atoms with Gasteiger partial charge in [0.1, 0.15) is 18.1 Å². The van der Waals surface area contributed by atoms with Gasteiger partial charge in [0.15, 0.2) is 0 Å². The summed E-state index contributed by atoms with van der Waals surface area (Å²) in [6.45, 7) is 0.136. The highest BCUT2D eigenvalue weighted by atomic mass is 19.4. The van der Waals surface area contributed by atoms with Gasteiger partial charge in [-0.05, 0) is 18.9 Å². The average molecular weight is 329 g/mol. The molecule has 1 aliphatic heterocycles. The van der Waals surface area contributed by atoms with Crippen LogP contribution in [0.5, 0.6) is 0 Å². The van der Waals surface area contributed by atoms with Crippen molar-refractivity contribution in [3.63, 3.8) is 0 Å². The van der Waals surface area contributed by atoms with Crippen molar-refractivity contribution in [3.05, 3.63) is 35.9 Å². The minimum Gasteiger partial charge on any atom is -0.342 e. The summed E-state index contributed by atoms with van der Waals surface area (Å²) in [7, 11) is 0. The number of nitrogens with two attached hydrogens (primary N) is 1. The Morgan fingerprint density at radius 3 is 2.52 bits per heavy atom. The molecule has 3 N–H and O–H groups in total. The lowest BCUT2D eigenvalue weighted by molar-refractivity contribution is -0.158. The fraction of sp³-hybridized carbons (Fsp3) is 0.467. The first-order chi connectivity index (χ1) is 10.6. The maximum atomic E-state index is 12.4. The smallest absolute Gasteiger partial charge is 0.342 e. The predicted molar refractivity (Wildman–Crippen MR) is 77.2 cm³/mol. The van der Waals surface area contributed by atoms with Crippen molar-refractivity contribution >= 4 is 11.8 Å². The van der Waals surface area contributed by atoms with Crippen LogP contribution in [0.4, 0.5) is 13.2 Å². The Bertz CT molecular complexity index is 587. The van der Waals surface area contributed by atoms with E-state index in [0.29, 0.717) is 10.5 Å². The molecule has 0 saturated carbocycles. The molecule has 2 rings (SSSR count). The summed E-state index contributed by atoms with van der Waals surface area (Å²) < 4.78 is 37.1. The topological polar surface area (TPSA) is 75.4 Å². The highest BCUT2D eigenvalue weighted by Crippen LogP contribution is 2.22. The predicted octanol–water partition coefficient (Wildman–Crippen LogP) is 1.14. The highest BCUT2D eigenvalue weighted by molar-refractivity contribution is 5.93. The van der Waals surface area contributed by atoms with E-state index in [-0.39, 0.29) is 13.0 Å². The minimum absolute atomic E-state index is 0.0457. The van der Waals surface area contributed by atoms with E-state index in [1.54, 1.807) is 30.3 Å². The number of likely N-dealkylation sites (tertiary alicyclic amines) is 1. The summed E-state index contributed by atoms with van der Waals surface area (Å²) >= 11 is 0. The largest absolute Gasteiger partial charge is 0.406 e. The molecular weight excluding hydrogens is 311 g/mol. The molecule has 126 valence electrons. The highest BCUT2D eigenvalue weighted by Gasteiger charge is 2.41. The summed E-state index contributed by atoms with van der Waals surface area (Å²) in [5, 5.41) is 2.46. The maximum Gasteiger partial charge on any atom is 0.406 e. The van der Waals surface area contributed by atoms with Gasteiger partial charge >= 0.3 is 6.18 Å². The van der Waals surface area contributed by atoms with Crippen molar-refractivity contribution in [3.8, 4) is 0 Å². The molecule has 0 bridgehead atoms. The van der Waals surface area contributed by atoms with Crippen LogP contribution in [0.2, 0.25) is 0 Å². The second-order valence-corrected chi connectivity index (χ2v) is 5.76. The Balaban J connectivity index is 2.02. The van der Waals surface area contributed by atoms with E-state index in [0.717, 1.165) is 0 Å². The minimum atomic E-state index is -4.46. The normalized spacial score (nSPS) is 21.2. The zero-order valence-electron chi connectivity index (χ0n) is 12.6. The first-order valence-electron chi connectivity index (χ1n) is 7.12. The molecule has 0 spiro atoms. The Kier molecular flexibility index (Phi) is 4.65. The van der Waals surface area contributed by atoms with Gasteiger partial charge in [-0.1, -0.05) is 30.3 Å². The summed E-state index contributed by atoms with van der Waals surface area (Å²) in [6.07, 6.45) is -4.33. The molecule has 8 heteroatoms. The first-order valence-corrected chi connectivity index (χ1v) is 7.12. The molecule has 1 aromatic carbocycles. The molecule has 1 saturated heterocycles. The van der Waals surface area contributed by atoms with Crippen molar-refractivity contribution < 1.29 is 22.8 Å². The second kappa shape index (κ2) is 6.19. The molecule has 0 aliphatic carbocycles. The van der Waals surface area contributed by atoms with Crippen LogP contribution in [0.1, 0.15) is 18.9 Å². The van der Waals surface area contributed by atoms with Gasteiger partial charge in [0.25, 0.3) is 0 Å². The Labute approximate surface area is 131 Å². The molecule has 0 radical (unpaired) electrons. The zero-order valence-corrected chi connectivity index (χ0v) is 12.6. The monoisotopic (exact) mass is 329 g/mol. The molecule has 5 nitrogen and oxygen atoms in total. The van der Waals surface area contributed by atoms with Crippen LogP contribution < -0.4 is 11.1 Å². The molecule has 2 atom stereocenters. The Morgan fingerprint density at radius 2 is 1.96 bits per heavy atom. The van der Waals surface area contributed by atoms with E-state index in [9.17, 15) is 22.8 Å². The number of hydrogen-bond donors (Lipinski definition) is 2. The third kappa shape index (κ3) is 4.01. The lowest BCUT2D eigenvalue weighted by atomic mass is 9.92. The van der Waals surface area contributed by atoms with Gasteiger partial charge < -0.3 is 16.0 Å². The number of carbonyl (C=O) groups is 2. The number of hydrogen-bond acceptors (Lipinski definition) is 3. The number of carbonyl (C=O) groups excluding carboxylic acids is 2. The van der Waals surface area contributed by atoms with Crippen molar-refractivity contribution in [2.24, 2.45) is 5.73 Å². The van der Waals surface area contributed by atoms with Crippen LogP contribution in [-0.4, -0.2) is 42.0 Å². The number of halogens is 3. The van der Waals surface area contributed by atoms with Crippen LogP contribution in [-0.2, 0) is 15.1 Å². The molecule has 1 aliphatic rings. The van der Waals surface area contributed by atoms with Crippen LogP contribution >= 0.6 is 0 Å². The number of nitrogens with one attached hydrogen (secondary N) is 1. The van der Waals surface area contributed by atoms with Crippen LogP contribution in [0.15, 0.2) is 30.3 Å². The lowest BCUT2D eigenvalue weighted by Crippen LogP contribution is -2.53. The summed E-state index contributed by atoms with van der Waals surface area (Å²) in [4.78, 5) is 25.0. The van der Waals surface area contributed by atoms with Crippen molar-refractivity contribution in [2.75, 3.05) is 13.1 Å². The van der Waals surface area contributed by atoms with Crippen molar-refractivity contribution in [1.29, 1.82) is 0 Å². The zero-order chi connectivity index (χ0) is 17.3. The van der Waals surface area contributed by atoms with Gasteiger partial charge in [-0.3, -0.25) is 9.59 Å². The number of amides is 2. The van der Waals surface area contributed by atoms with E-state index in [4.69, 9.17) is 5.73 Å². The van der Waals surface area contributed by atoms with E-state index in [1.165, 1.54) is 6.92 Å². The second-order valence-electron chi connectivity index (χ2n) is 5.76. The fourth-order valence-corrected chi connectivity index (χ4v) is 2.47. The molecule has 0 aromatic heterocycles. The first kappa shape index (κ1) is 17.3. The molecule has 23 heavy (non-hydrogen) atoms. The van der Waals surface area contributed by atoms with Gasteiger partial charge in [0.2, 0.25) is 11.8 Å². The Hall–Kier alpha value is -2.09. The van der Waals surface area contributed by atoms with Gasteiger partial charge in [-0.15, -0.1) is 0 Å². The van der Waals surface area contributed by atoms with Gasteiger partial charge in [-0.2, -0.15) is 13.2 Å². The van der Waals surface area contributed by atoms with E-state index in [1.807, 2.05) is 0 Å². The van der Waals surface area contributed by atoms with Gasteiger partial charge in [0.05, 0.1) is 0 Å². The number of nitrogens with zero attached hydrogens (tertiary/aromatic N) is 1. The van der Waals surface area contributed by atoms with E-state index >= 15 is 0 Å². The summed E-state index contributed by atoms with van der Waals surface area (Å²) in [5.74, 6) is -1.34. The van der Waals surface area contributed by atoms with Crippen LogP contribution in [0, 0.1) is 0 Å². The lowest BCUT2D eigenvalue weighted by Gasteiger charge is -2.26. The van der Waals surface area contributed by atoms with E-state index < -0.39 is 36.1 Å². The van der Waals surface area contributed by atoms with Crippen LogP contribution in [0.25, 0.3) is 0 Å². The number of rotatable bonds is 4. The fourth-order valence-electron chi connectivity index (χ4n) is 2.47. The standard InChI is InChI=1S/C15H18F3N3O2/c1-14(19,10-5-3-2-4-6-10)13(23)20-11-7-8-21(12(11)22)9-15(16,17)18/h2-6,11H,7-9,19H2,1H3,(H,20,23).